The minimum absolute atomic E-state index is 0.0373. The number of amides is 2. The number of hydrogen-bond donors (Lipinski definition) is 2. The Morgan fingerprint density at radius 1 is 1.05 bits per heavy atom. The van der Waals surface area contributed by atoms with E-state index in [2.05, 4.69) is 20.8 Å². The van der Waals surface area contributed by atoms with Gasteiger partial charge >= 0.3 is 6.09 Å². The number of benzene rings is 2. The molecule has 1 aliphatic rings. The van der Waals surface area contributed by atoms with Crippen molar-refractivity contribution in [3.8, 4) is 28.3 Å². The van der Waals surface area contributed by atoms with Crippen molar-refractivity contribution in [2.75, 3.05) is 26.4 Å². The third kappa shape index (κ3) is 6.82. The van der Waals surface area contributed by atoms with E-state index in [-0.39, 0.29) is 38.0 Å². The predicted octanol–water partition coefficient (Wildman–Crippen LogP) is 5.40. The molecular formula is C30H30F2N4O5S. The molecule has 9 nitrogen and oxygen atoms in total. The number of fused-ring (bicyclic) bond motifs is 2. The molecule has 0 bridgehead atoms. The Hall–Kier alpha value is -4.16. The van der Waals surface area contributed by atoms with Crippen molar-refractivity contribution >= 4 is 33.4 Å². The van der Waals surface area contributed by atoms with Gasteiger partial charge in [0.05, 0.1) is 29.7 Å². The molecule has 0 saturated heterocycles. The number of carbonyl (C=O) groups excluding carboxylic acids is 2. The van der Waals surface area contributed by atoms with E-state index < -0.39 is 23.3 Å². The molecule has 0 spiro atoms. The highest BCUT2D eigenvalue weighted by Crippen LogP contribution is 2.41. The number of rotatable bonds is 9. The van der Waals surface area contributed by atoms with E-state index in [1.807, 2.05) is 18.2 Å². The predicted molar refractivity (Wildman–Crippen MR) is 154 cm³/mol. The minimum atomic E-state index is -0.589. The van der Waals surface area contributed by atoms with Crippen LogP contribution in [0.5, 0.6) is 5.75 Å². The Kier molecular flexibility index (Phi) is 8.64. The van der Waals surface area contributed by atoms with E-state index in [9.17, 15) is 14.0 Å². The van der Waals surface area contributed by atoms with E-state index in [4.69, 9.17) is 14.2 Å². The van der Waals surface area contributed by atoms with E-state index in [0.717, 1.165) is 11.1 Å². The topological polar surface area (TPSA) is 112 Å². The van der Waals surface area contributed by atoms with E-state index in [0.29, 0.717) is 45.6 Å². The third-order valence-electron chi connectivity index (χ3n) is 6.35. The molecule has 42 heavy (non-hydrogen) atoms. The number of hydrogen-bond acceptors (Lipinski definition) is 8. The molecule has 0 atom stereocenters. The SMILES string of the molecule is CC(C)(C)OC(=O)NCCOCCOc1cc(F)ccc1-c1nnc(-c2ccc3c(c2)CNC(=O)C3)c2c(F)csc12. The molecule has 0 fully saturated rings. The number of nitrogens with zero attached hydrogens (tertiary/aromatic N) is 2. The zero-order valence-electron chi connectivity index (χ0n) is 23.4. The molecule has 2 aromatic heterocycles. The first-order chi connectivity index (χ1) is 20.1. The van der Waals surface area contributed by atoms with Crippen LogP contribution in [0, 0.1) is 11.6 Å². The monoisotopic (exact) mass is 596 g/mol. The molecule has 0 unspecified atom stereocenters. The Morgan fingerprint density at radius 3 is 2.67 bits per heavy atom. The smallest absolute Gasteiger partial charge is 0.407 e. The number of thiophene rings is 1. The normalized spacial score (nSPS) is 13.0. The van der Waals surface area contributed by atoms with Crippen molar-refractivity contribution in [3.63, 3.8) is 0 Å². The molecule has 0 aliphatic carbocycles. The molecular weight excluding hydrogens is 566 g/mol. The van der Waals surface area contributed by atoms with Crippen molar-refractivity contribution in [2.24, 2.45) is 0 Å². The maximum absolute atomic E-state index is 15.2. The van der Waals surface area contributed by atoms with E-state index >= 15 is 4.39 Å². The van der Waals surface area contributed by atoms with Crippen LogP contribution in [0.4, 0.5) is 13.6 Å². The molecule has 0 saturated carbocycles. The van der Waals surface area contributed by atoms with Crippen molar-refractivity contribution < 1.29 is 32.6 Å². The average Bonchev–Trinajstić information content (AvgIpc) is 3.33. The van der Waals surface area contributed by atoms with Crippen molar-refractivity contribution in [1.29, 1.82) is 0 Å². The molecule has 220 valence electrons. The highest BCUT2D eigenvalue weighted by molar-refractivity contribution is 7.17. The number of aromatic nitrogens is 2. The maximum atomic E-state index is 15.2. The van der Waals surface area contributed by atoms with Gasteiger partial charge in [-0.1, -0.05) is 12.1 Å². The number of nitrogens with one attached hydrogen (secondary N) is 2. The summed E-state index contributed by atoms with van der Waals surface area (Å²) in [7, 11) is 0. The fourth-order valence-electron chi connectivity index (χ4n) is 4.51. The van der Waals surface area contributed by atoms with Crippen LogP contribution in [0.1, 0.15) is 31.9 Å². The molecule has 5 rings (SSSR count). The third-order valence-corrected chi connectivity index (χ3v) is 7.31. The number of alkyl carbamates (subject to hydrolysis) is 1. The fraction of sp³-hybridized carbons (Fsp3) is 0.333. The summed E-state index contributed by atoms with van der Waals surface area (Å²) in [6.45, 7) is 6.48. The van der Waals surface area contributed by atoms with E-state index in [1.54, 1.807) is 20.8 Å². The summed E-state index contributed by atoms with van der Waals surface area (Å²) in [5.74, 6) is -0.766. The van der Waals surface area contributed by atoms with Crippen LogP contribution >= 0.6 is 11.3 Å². The lowest BCUT2D eigenvalue weighted by atomic mass is 9.96. The molecule has 12 heteroatoms. The first-order valence-corrected chi connectivity index (χ1v) is 14.3. The standard InChI is InChI=1S/C30H30F2N4O5S/c1-30(2,3)41-29(38)33-8-9-39-10-11-40-23-14-20(31)6-7-21(23)27-28-25(22(32)16-42-28)26(35-36-27)18-5-4-17-13-24(37)34-15-19(17)12-18/h4-7,12,14,16H,8-11,13,15H2,1-3H3,(H,33,38)(H,34,37). The molecule has 3 heterocycles. The summed E-state index contributed by atoms with van der Waals surface area (Å²) < 4.78 is 46.4. The Morgan fingerprint density at radius 2 is 1.86 bits per heavy atom. The summed E-state index contributed by atoms with van der Waals surface area (Å²) >= 11 is 1.18. The lowest BCUT2D eigenvalue weighted by Gasteiger charge is -2.19. The first kappa shape index (κ1) is 29.3. The molecule has 2 N–H and O–H groups in total. The highest BCUT2D eigenvalue weighted by atomic mass is 32.1. The van der Waals surface area contributed by atoms with Gasteiger partial charge in [-0.2, -0.15) is 0 Å². The minimum Gasteiger partial charge on any atom is -0.490 e. The molecule has 0 radical (unpaired) electrons. The molecule has 1 aliphatic heterocycles. The van der Waals surface area contributed by atoms with Crippen LogP contribution in [0.15, 0.2) is 41.8 Å². The second kappa shape index (κ2) is 12.4. The Balaban J connectivity index is 1.31. The summed E-state index contributed by atoms with van der Waals surface area (Å²) in [5.41, 5.74) is 3.16. The lowest BCUT2D eigenvalue weighted by Crippen LogP contribution is -2.34. The number of halogens is 2. The summed E-state index contributed by atoms with van der Waals surface area (Å²) in [5, 5.41) is 15.9. The molecule has 4 aromatic rings. The average molecular weight is 597 g/mol. The zero-order chi connectivity index (χ0) is 29.9. The lowest BCUT2D eigenvalue weighted by molar-refractivity contribution is -0.121. The van der Waals surface area contributed by atoms with Crippen LogP contribution in [0.3, 0.4) is 0 Å². The van der Waals surface area contributed by atoms with Gasteiger partial charge in [0.25, 0.3) is 0 Å². The summed E-state index contributed by atoms with van der Waals surface area (Å²) in [6, 6.07) is 9.61. The van der Waals surface area contributed by atoms with E-state index in [1.165, 1.54) is 34.9 Å². The van der Waals surface area contributed by atoms with Gasteiger partial charge in [-0.15, -0.1) is 21.5 Å². The van der Waals surface area contributed by atoms with Crippen molar-refractivity contribution in [1.82, 2.24) is 20.8 Å². The largest absolute Gasteiger partial charge is 0.490 e. The summed E-state index contributed by atoms with van der Waals surface area (Å²) in [6.07, 6.45) is -0.237. The summed E-state index contributed by atoms with van der Waals surface area (Å²) in [4.78, 5) is 23.4. The second-order valence-corrected chi connectivity index (χ2v) is 11.5. The van der Waals surface area contributed by atoms with Gasteiger partial charge < -0.3 is 24.8 Å². The second-order valence-electron chi connectivity index (χ2n) is 10.7. The highest BCUT2D eigenvalue weighted by Gasteiger charge is 2.22. The molecule has 2 aromatic carbocycles. The van der Waals surface area contributed by atoms with Gasteiger partial charge in [0.1, 0.15) is 41.0 Å². The fourth-order valence-corrected chi connectivity index (χ4v) is 5.42. The van der Waals surface area contributed by atoms with Gasteiger partial charge in [0.2, 0.25) is 5.91 Å². The number of ether oxygens (including phenoxy) is 3. The Bertz CT molecular complexity index is 1640. The van der Waals surface area contributed by atoms with Gasteiger partial charge in [-0.05, 0) is 50.1 Å². The quantitative estimate of drug-likeness (QED) is 0.249. The van der Waals surface area contributed by atoms with Crippen LogP contribution in [0.2, 0.25) is 0 Å². The van der Waals surface area contributed by atoms with Gasteiger partial charge in [-0.3, -0.25) is 4.79 Å². The number of carbonyl (C=O) groups is 2. The Labute approximate surface area is 245 Å². The van der Waals surface area contributed by atoms with Gasteiger partial charge in [0, 0.05) is 35.7 Å². The van der Waals surface area contributed by atoms with Crippen LogP contribution in [0.25, 0.3) is 32.6 Å². The zero-order valence-corrected chi connectivity index (χ0v) is 24.2. The maximum Gasteiger partial charge on any atom is 0.407 e. The van der Waals surface area contributed by atoms with Gasteiger partial charge in [0.15, 0.2) is 0 Å². The van der Waals surface area contributed by atoms with Crippen LogP contribution < -0.4 is 15.4 Å². The molecule has 2 amide bonds. The first-order valence-electron chi connectivity index (χ1n) is 13.4. The van der Waals surface area contributed by atoms with Crippen LogP contribution in [-0.2, 0) is 27.2 Å². The van der Waals surface area contributed by atoms with Crippen molar-refractivity contribution in [3.05, 3.63) is 64.5 Å². The van der Waals surface area contributed by atoms with Gasteiger partial charge in [-0.25, -0.2) is 13.6 Å². The van der Waals surface area contributed by atoms with Crippen molar-refractivity contribution in [2.45, 2.75) is 39.3 Å². The van der Waals surface area contributed by atoms with Crippen LogP contribution in [-0.4, -0.2) is 54.2 Å².